The molecule has 1 aliphatic heterocycles. The third-order valence-corrected chi connectivity index (χ3v) is 5.27. The van der Waals surface area contributed by atoms with Crippen LogP contribution in [-0.2, 0) is 15.8 Å². The molecule has 0 saturated carbocycles. The Kier molecular flexibility index (Phi) is 3.54. The molecule has 3 nitrogen and oxygen atoms in total. The van der Waals surface area contributed by atoms with Crippen molar-refractivity contribution in [2.45, 2.75) is 38.5 Å². The van der Waals surface area contributed by atoms with Crippen molar-refractivity contribution in [2.75, 3.05) is 6.54 Å². The molecule has 1 heterocycles. The molecule has 94 valence electrons. The Bertz CT molecular complexity index is 479. The Morgan fingerprint density at radius 2 is 1.94 bits per heavy atom. The number of sulfonamides is 1. The Hall–Kier alpha value is -0.870. The van der Waals surface area contributed by atoms with Gasteiger partial charge < -0.3 is 0 Å². The zero-order valence-electron chi connectivity index (χ0n) is 10.4. The molecule has 1 aliphatic rings. The minimum absolute atomic E-state index is 0.123. The topological polar surface area (TPSA) is 37.4 Å². The van der Waals surface area contributed by atoms with Crippen LogP contribution in [0.2, 0.25) is 0 Å². The molecule has 1 saturated heterocycles. The van der Waals surface area contributed by atoms with Crippen LogP contribution in [0.3, 0.4) is 0 Å². The maximum atomic E-state index is 12.2. The largest absolute Gasteiger partial charge is 0.218 e. The number of rotatable bonds is 3. The summed E-state index contributed by atoms with van der Waals surface area (Å²) in [5, 5.41) is 0. The fourth-order valence-corrected chi connectivity index (χ4v) is 4.14. The van der Waals surface area contributed by atoms with Crippen molar-refractivity contribution in [2.24, 2.45) is 0 Å². The lowest BCUT2D eigenvalue weighted by molar-refractivity contribution is 0.407. The zero-order chi connectivity index (χ0) is 12.5. The SMILES string of the molecule is Cc1ccc(CS(=O)(=O)N2CCCC2C)cc1. The third kappa shape index (κ3) is 2.87. The highest BCUT2D eigenvalue weighted by molar-refractivity contribution is 7.88. The Morgan fingerprint density at radius 1 is 1.29 bits per heavy atom. The van der Waals surface area contributed by atoms with E-state index in [-0.39, 0.29) is 11.8 Å². The van der Waals surface area contributed by atoms with Gasteiger partial charge in [-0.25, -0.2) is 8.42 Å². The first-order chi connectivity index (χ1) is 7.99. The van der Waals surface area contributed by atoms with Crippen LogP contribution in [0, 0.1) is 6.92 Å². The van der Waals surface area contributed by atoms with E-state index >= 15 is 0 Å². The molecule has 0 bridgehead atoms. The van der Waals surface area contributed by atoms with Gasteiger partial charge in [0, 0.05) is 12.6 Å². The summed E-state index contributed by atoms with van der Waals surface area (Å²) in [5.74, 6) is 0.123. The highest BCUT2D eigenvalue weighted by Crippen LogP contribution is 2.22. The van der Waals surface area contributed by atoms with Gasteiger partial charge in [0.2, 0.25) is 10.0 Å². The average Bonchev–Trinajstić information content (AvgIpc) is 2.68. The van der Waals surface area contributed by atoms with Crippen LogP contribution < -0.4 is 0 Å². The van der Waals surface area contributed by atoms with Crippen molar-refractivity contribution in [1.82, 2.24) is 4.31 Å². The molecular formula is C13H19NO2S. The number of nitrogens with zero attached hydrogens (tertiary/aromatic N) is 1. The molecule has 0 radical (unpaired) electrons. The summed E-state index contributed by atoms with van der Waals surface area (Å²) in [4.78, 5) is 0. The molecule has 1 aromatic rings. The van der Waals surface area contributed by atoms with E-state index in [0.717, 1.165) is 24.0 Å². The summed E-state index contributed by atoms with van der Waals surface area (Å²) in [6.45, 7) is 4.66. The van der Waals surface area contributed by atoms with Crippen LogP contribution in [0.15, 0.2) is 24.3 Å². The van der Waals surface area contributed by atoms with E-state index in [0.29, 0.717) is 6.54 Å². The van der Waals surface area contributed by atoms with E-state index in [1.807, 2.05) is 38.1 Å². The molecule has 2 rings (SSSR count). The highest BCUT2D eigenvalue weighted by atomic mass is 32.2. The fraction of sp³-hybridized carbons (Fsp3) is 0.538. The second-order valence-electron chi connectivity index (χ2n) is 4.84. The van der Waals surface area contributed by atoms with Gasteiger partial charge in [-0.2, -0.15) is 4.31 Å². The van der Waals surface area contributed by atoms with E-state index in [4.69, 9.17) is 0 Å². The first kappa shape index (κ1) is 12.6. The Balaban J connectivity index is 2.14. The molecule has 4 heteroatoms. The van der Waals surface area contributed by atoms with Gasteiger partial charge in [0.05, 0.1) is 5.75 Å². The molecule has 0 amide bonds. The quantitative estimate of drug-likeness (QED) is 0.829. The van der Waals surface area contributed by atoms with Crippen LogP contribution in [0.4, 0.5) is 0 Å². The maximum absolute atomic E-state index is 12.2. The van der Waals surface area contributed by atoms with Crippen molar-refractivity contribution in [3.8, 4) is 0 Å². The molecule has 1 aromatic carbocycles. The average molecular weight is 253 g/mol. The van der Waals surface area contributed by atoms with Crippen LogP contribution in [0.25, 0.3) is 0 Å². The van der Waals surface area contributed by atoms with Gasteiger partial charge in [-0.15, -0.1) is 0 Å². The van der Waals surface area contributed by atoms with E-state index in [1.54, 1.807) is 4.31 Å². The maximum Gasteiger partial charge on any atom is 0.218 e. The Labute approximate surface area is 104 Å². The second-order valence-corrected chi connectivity index (χ2v) is 6.77. The lowest BCUT2D eigenvalue weighted by Crippen LogP contribution is -2.34. The number of hydrogen-bond acceptors (Lipinski definition) is 2. The summed E-state index contributed by atoms with van der Waals surface area (Å²) in [6.07, 6.45) is 1.96. The highest BCUT2D eigenvalue weighted by Gasteiger charge is 2.31. The molecule has 0 spiro atoms. The van der Waals surface area contributed by atoms with Crippen molar-refractivity contribution in [3.63, 3.8) is 0 Å². The number of hydrogen-bond donors (Lipinski definition) is 0. The van der Waals surface area contributed by atoms with Gasteiger partial charge in [0.1, 0.15) is 0 Å². The summed E-state index contributed by atoms with van der Waals surface area (Å²) in [7, 11) is -3.14. The summed E-state index contributed by atoms with van der Waals surface area (Å²) in [5.41, 5.74) is 2.02. The van der Waals surface area contributed by atoms with Crippen molar-refractivity contribution in [3.05, 3.63) is 35.4 Å². The van der Waals surface area contributed by atoms with Gasteiger partial charge in [-0.3, -0.25) is 0 Å². The summed E-state index contributed by atoms with van der Waals surface area (Å²) in [6, 6.07) is 7.86. The molecule has 0 N–H and O–H groups in total. The van der Waals surface area contributed by atoms with Gasteiger partial charge in [-0.05, 0) is 32.3 Å². The van der Waals surface area contributed by atoms with E-state index in [2.05, 4.69) is 0 Å². The standard InChI is InChI=1S/C13H19NO2S/c1-11-5-7-13(8-6-11)10-17(15,16)14-9-3-4-12(14)2/h5-8,12H,3-4,9-10H2,1-2H3. The van der Waals surface area contributed by atoms with Crippen molar-refractivity contribution < 1.29 is 8.42 Å². The Morgan fingerprint density at radius 3 is 2.47 bits per heavy atom. The van der Waals surface area contributed by atoms with E-state index < -0.39 is 10.0 Å². The molecule has 1 fully saturated rings. The van der Waals surface area contributed by atoms with Gasteiger partial charge in [-0.1, -0.05) is 29.8 Å². The lowest BCUT2D eigenvalue weighted by atomic mass is 10.2. The smallest absolute Gasteiger partial charge is 0.212 e. The van der Waals surface area contributed by atoms with Gasteiger partial charge >= 0.3 is 0 Å². The molecular weight excluding hydrogens is 234 g/mol. The van der Waals surface area contributed by atoms with E-state index in [1.165, 1.54) is 0 Å². The van der Waals surface area contributed by atoms with Gasteiger partial charge in [0.15, 0.2) is 0 Å². The molecule has 17 heavy (non-hydrogen) atoms. The minimum Gasteiger partial charge on any atom is -0.212 e. The van der Waals surface area contributed by atoms with Crippen LogP contribution >= 0.6 is 0 Å². The number of benzene rings is 1. The van der Waals surface area contributed by atoms with Crippen molar-refractivity contribution >= 4 is 10.0 Å². The van der Waals surface area contributed by atoms with Crippen molar-refractivity contribution in [1.29, 1.82) is 0 Å². The molecule has 0 aliphatic carbocycles. The van der Waals surface area contributed by atoms with E-state index in [9.17, 15) is 8.42 Å². The van der Waals surface area contributed by atoms with Gasteiger partial charge in [0.25, 0.3) is 0 Å². The molecule has 1 atom stereocenters. The van der Waals surface area contributed by atoms with Crippen LogP contribution in [-0.4, -0.2) is 25.3 Å². The second kappa shape index (κ2) is 4.78. The van der Waals surface area contributed by atoms with Crippen LogP contribution in [0.1, 0.15) is 30.9 Å². The normalized spacial score (nSPS) is 21.9. The molecule has 0 aromatic heterocycles. The predicted molar refractivity (Wildman–Crippen MR) is 69.2 cm³/mol. The number of aryl methyl sites for hydroxylation is 1. The first-order valence-corrected chi connectivity index (χ1v) is 7.65. The fourth-order valence-electron chi connectivity index (χ4n) is 2.30. The lowest BCUT2D eigenvalue weighted by Gasteiger charge is -2.20. The zero-order valence-corrected chi connectivity index (χ0v) is 11.2. The monoisotopic (exact) mass is 253 g/mol. The first-order valence-electron chi connectivity index (χ1n) is 6.04. The third-order valence-electron chi connectivity index (χ3n) is 3.32. The summed E-state index contributed by atoms with van der Waals surface area (Å²) < 4.78 is 26.1. The molecule has 1 unspecified atom stereocenters. The predicted octanol–water partition coefficient (Wildman–Crippen LogP) is 2.31. The minimum atomic E-state index is -3.14. The van der Waals surface area contributed by atoms with Crippen LogP contribution in [0.5, 0.6) is 0 Å². The summed E-state index contributed by atoms with van der Waals surface area (Å²) >= 11 is 0.